The van der Waals surface area contributed by atoms with Crippen molar-refractivity contribution in [1.29, 1.82) is 0 Å². The van der Waals surface area contributed by atoms with Crippen LogP contribution in [0.5, 0.6) is 0 Å². The number of hydrogen-bond acceptors (Lipinski definition) is 3. The third-order valence-corrected chi connectivity index (χ3v) is 3.46. The smallest absolute Gasteiger partial charge is 0.234 e. The Morgan fingerprint density at radius 1 is 1.04 bits per heavy atom. The zero-order chi connectivity index (χ0) is 17.4. The molecule has 0 atom stereocenters. The lowest BCUT2D eigenvalue weighted by Gasteiger charge is -2.26. The molecule has 0 spiro atoms. The summed E-state index contributed by atoms with van der Waals surface area (Å²) < 4.78 is 0. The molecule has 0 fully saturated rings. The number of thiocarbonyl (C=S) groups is 1. The molecule has 23 heavy (non-hydrogen) atoms. The van der Waals surface area contributed by atoms with E-state index in [1.165, 1.54) is 0 Å². The van der Waals surface area contributed by atoms with Crippen molar-refractivity contribution >= 4 is 29.0 Å². The predicted molar refractivity (Wildman–Crippen MR) is 97.2 cm³/mol. The minimum atomic E-state index is -0.360. The van der Waals surface area contributed by atoms with E-state index in [0.29, 0.717) is 29.9 Å². The van der Waals surface area contributed by atoms with Crippen LogP contribution >= 0.6 is 12.2 Å². The molecule has 0 unspecified atom stereocenters. The quantitative estimate of drug-likeness (QED) is 0.616. The van der Waals surface area contributed by atoms with Crippen LogP contribution < -0.4 is 5.32 Å². The average Bonchev–Trinajstić information content (AvgIpc) is 2.46. The van der Waals surface area contributed by atoms with E-state index in [0.717, 1.165) is 5.56 Å². The molecular formula is C18H26N2O2S. The molecule has 0 heterocycles. The number of benzene rings is 1. The minimum Gasteiger partial charge on any atom is -0.342 e. The Morgan fingerprint density at radius 3 is 2.04 bits per heavy atom. The van der Waals surface area contributed by atoms with Crippen LogP contribution in [0.25, 0.3) is 0 Å². The Balaban J connectivity index is 2.60. The lowest BCUT2D eigenvalue weighted by atomic mass is 10.1. The second kappa shape index (κ2) is 9.40. The Bertz CT molecular complexity index is 531. The van der Waals surface area contributed by atoms with Gasteiger partial charge in [0.15, 0.2) is 0 Å². The molecule has 0 aliphatic rings. The summed E-state index contributed by atoms with van der Waals surface area (Å²) >= 11 is 5.20. The lowest BCUT2D eigenvalue weighted by Crippen LogP contribution is -2.40. The molecule has 0 aliphatic heterocycles. The summed E-state index contributed by atoms with van der Waals surface area (Å²) in [5, 5.41) is 2.63. The topological polar surface area (TPSA) is 49.4 Å². The van der Waals surface area contributed by atoms with Gasteiger partial charge in [0.25, 0.3) is 0 Å². The average molecular weight is 334 g/mol. The van der Waals surface area contributed by atoms with Crippen LogP contribution in [0.3, 0.4) is 0 Å². The van der Waals surface area contributed by atoms with Gasteiger partial charge in [0.1, 0.15) is 11.4 Å². The van der Waals surface area contributed by atoms with Crippen molar-refractivity contribution in [2.75, 3.05) is 13.1 Å². The molecule has 0 aliphatic carbocycles. The Kier molecular flexibility index (Phi) is 7.89. The van der Waals surface area contributed by atoms with Gasteiger partial charge in [-0.25, -0.2) is 0 Å². The van der Waals surface area contributed by atoms with Crippen molar-refractivity contribution < 1.29 is 9.59 Å². The lowest BCUT2D eigenvalue weighted by molar-refractivity contribution is -0.136. The first-order chi connectivity index (χ1) is 10.8. The molecule has 1 N–H and O–H groups in total. The zero-order valence-electron chi connectivity index (χ0n) is 14.3. The van der Waals surface area contributed by atoms with Crippen LogP contribution in [0.15, 0.2) is 30.3 Å². The number of carbonyl (C=O) groups excluding carboxylic acids is 2. The molecule has 5 heteroatoms. The number of nitrogens with zero attached hydrogens (tertiary/aromatic N) is 1. The van der Waals surface area contributed by atoms with Crippen molar-refractivity contribution in [2.24, 2.45) is 11.8 Å². The standard InChI is InChI=1S/C18H26N2O2S/c1-13(2)11-20(12-14(3)4)17(22)10-16(21)19-18(23)15-8-6-5-7-9-15/h5-9,13-14H,10-12H2,1-4H3,(H,19,21,23). The molecule has 0 aromatic heterocycles. The molecule has 4 nitrogen and oxygen atoms in total. The van der Waals surface area contributed by atoms with Gasteiger partial charge in [0.2, 0.25) is 11.8 Å². The number of hydrogen-bond donors (Lipinski definition) is 1. The normalized spacial score (nSPS) is 10.7. The highest BCUT2D eigenvalue weighted by Gasteiger charge is 2.19. The van der Waals surface area contributed by atoms with E-state index < -0.39 is 0 Å². The van der Waals surface area contributed by atoms with E-state index in [1.807, 2.05) is 30.3 Å². The van der Waals surface area contributed by atoms with Crippen LogP contribution in [-0.2, 0) is 9.59 Å². The summed E-state index contributed by atoms with van der Waals surface area (Å²) in [5.74, 6) is 0.222. The SMILES string of the molecule is CC(C)CN(CC(C)C)C(=O)CC(=O)NC(=S)c1ccccc1. The van der Waals surface area contributed by atoms with Gasteiger partial charge in [0, 0.05) is 18.7 Å². The first-order valence-electron chi connectivity index (χ1n) is 7.96. The Hall–Kier alpha value is -1.75. The monoisotopic (exact) mass is 334 g/mol. The van der Waals surface area contributed by atoms with Crippen LogP contribution in [-0.4, -0.2) is 34.8 Å². The van der Waals surface area contributed by atoms with Gasteiger partial charge in [0.05, 0.1) is 0 Å². The van der Waals surface area contributed by atoms with E-state index in [2.05, 4.69) is 33.0 Å². The van der Waals surface area contributed by atoms with Gasteiger partial charge in [-0.15, -0.1) is 0 Å². The molecule has 0 bridgehead atoms. The molecule has 1 rings (SSSR count). The summed E-state index contributed by atoms with van der Waals surface area (Å²) in [6.45, 7) is 9.56. The van der Waals surface area contributed by atoms with Crippen molar-refractivity contribution in [3.8, 4) is 0 Å². The first-order valence-corrected chi connectivity index (χ1v) is 8.37. The second-order valence-electron chi connectivity index (χ2n) is 6.51. The van der Waals surface area contributed by atoms with Crippen molar-refractivity contribution in [3.05, 3.63) is 35.9 Å². The number of carbonyl (C=O) groups is 2. The first kappa shape index (κ1) is 19.3. The van der Waals surface area contributed by atoms with Gasteiger partial charge in [-0.05, 0) is 11.8 Å². The van der Waals surface area contributed by atoms with E-state index in [-0.39, 0.29) is 18.2 Å². The summed E-state index contributed by atoms with van der Waals surface area (Å²) in [5.41, 5.74) is 0.768. The van der Waals surface area contributed by atoms with Gasteiger partial charge in [-0.3, -0.25) is 9.59 Å². The van der Waals surface area contributed by atoms with E-state index >= 15 is 0 Å². The zero-order valence-corrected chi connectivity index (χ0v) is 15.2. The summed E-state index contributed by atoms with van der Waals surface area (Å²) in [6, 6.07) is 9.24. The highest BCUT2D eigenvalue weighted by atomic mass is 32.1. The fraction of sp³-hybridized carbons (Fsp3) is 0.500. The van der Waals surface area contributed by atoms with Crippen LogP contribution in [0.1, 0.15) is 39.7 Å². The van der Waals surface area contributed by atoms with Gasteiger partial charge < -0.3 is 10.2 Å². The van der Waals surface area contributed by atoms with Crippen molar-refractivity contribution in [3.63, 3.8) is 0 Å². The van der Waals surface area contributed by atoms with Crippen LogP contribution in [0.4, 0.5) is 0 Å². The third kappa shape index (κ3) is 7.37. The number of rotatable bonds is 7. The Labute approximate surface area is 144 Å². The molecule has 0 saturated carbocycles. The fourth-order valence-corrected chi connectivity index (χ4v) is 2.49. The van der Waals surface area contributed by atoms with E-state index in [9.17, 15) is 9.59 Å². The maximum Gasteiger partial charge on any atom is 0.234 e. The number of nitrogens with one attached hydrogen (secondary N) is 1. The molecule has 1 aromatic carbocycles. The predicted octanol–water partition coefficient (Wildman–Crippen LogP) is 3.01. The van der Waals surface area contributed by atoms with Gasteiger partial charge in [-0.2, -0.15) is 0 Å². The van der Waals surface area contributed by atoms with E-state index in [4.69, 9.17) is 12.2 Å². The number of amides is 2. The van der Waals surface area contributed by atoms with Gasteiger partial charge in [-0.1, -0.05) is 70.2 Å². The second-order valence-corrected chi connectivity index (χ2v) is 6.91. The van der Waals surface area contributed by atoms with E-state index in [1.54, 1.807) is 4.90 Å². The molecule has 0 saturated heterocycles. The molecular weight excluding hydrogens is 308 g/mol. The minimum absolute atomic E-state index is 0.152. The summed E-state index contributed by atoms with van der Waals surface area (Å²) in [7, 11) is 0. The summed E-state index contributed by atoms with van der Waals surface area (Å²) in [6.07, 6.45) is -0.174. The largest absolute Gasteiger partial charge is 0.342 e. The van der Waals surface area contributed by atoms with Crippen molar-refractivity contribution in [1.82, 2.24) is 10.2 Å². The molecule has 2 amide bonds. The maximum absolute atomic E-state index is 12.4. The molecule has 1 aromatic rings. The summed E-state index contributed by atoms with van der Waals surface area (Å²) in [4.78, 5) is 26.5. The van der Waals surface area contributed by atoms with Crippen LogP contribution in [0, 0.1) is 11.8 Å². The van der Waals surface area contributed by atoms with Crippen molar-refractivity contribution in [2.45, 2.75) is 34.1 Å². The highest BCUT2D eigenvalue weighted by molar-refractivity contribution is 7.80. The van der Waals surface area contributed by atoms with Crippen LogP contribution in [0.2, 0.25) is 0 Å². The molecule has 0 radical (unpaired) electrons. The fourth-order valence-electron chi connectivity index (χ4n) is 2.24. The highest BCUT2D eigenvalue weighted by Crippen LogP contribution is 2.06. The van der Waals surface area contributed by atoms with Gasteiger partial charge >= 0.3 is 0 Å². The maximum atomic E-state index is 12.4. The molecule has 126 valence electrons. The third-order valence-electron chi connectivity index (χ3n) is 3.12. The Morgan fingerprint density at radius 2 is 1.57 bits per heavy atom.